The number of benzene rings is 4. The Kier molecular flexibility index (Phi) is 11.1. The summed E-state index contributed by atoms with van der Waals surface area (Å²) in [5.41, 5.74) is 4.45. The average Bonchev–Trinajstić information content (AvgIpc) is 3.53. The van der Waals surface area contributed by atoms with Crippen LogP contribution in [0.15, 0.2) is 119 Å². The smallest absolute Gasteiger partial charge is 0.272 e. The van der Waals surface area contributed by atoms with E-state index in [1.54, 1.807) is 67.6 Å². The standard InChI is InChI=1S/C36H32ClN5O3S2/c1-23(33(43)41-36-40-32(22-46-36)25-14-16-27(37)17-15-25)47-30-11-7-10-28(21-30)38-35(45)31(39-34(44)26-8-5-4-6-9-26)20-24-12-18-29(19-13-24)42(2)3/h4-23H,1-3H3,(H,38,45)(H,39,44)(H,40,41,43)/b31-20+. The van der Waals surface area contributed by atoms with Crippen molar-refractivity contribution in [2.24, 2.45) is 0 Å². The molecule has 0 saturated heterocycles. The first-order valence-electron chi connectivity index (χ1n) is 14.6. The van der Waals surface area contributed by atoms with E-state index in [9.17, 15) is 14.4 Å². The van der Waals surface area contributed by atoms with E-state index < -0.39 is 17.1 Å². The van der Waals surface area contributed by atoms with Gasteiger partial charge in [0, 0.05) is 51.9 Å². The molecule has 0 aliphatic carbocycles. The Bertz CT molecular complexity index is 1890. The number of thiazole rings is 1. The summed E-state index contributed by atoms with van der Waals surface area (Å²) >= 11 is 8.68. The number of nitrogens with one attached hydrogen (secondary N) is 3. The first kappa shape index (κ1) is 33.5. The SMILES string of the molecule is CC(Sc1cccc(NC(=O)/C(=C\c2ccc(N(C)C)cc2)NC(=O)c2ccccc2)c1)C(=O)Nc1nc(-c2ccc(Cl)cc2)cs1. The fourth-order valence-corrected chi connectivity index (χ4v) is 6.15. The average molecular weight is 682 g/mol. The predicted octanol–water partition coefficient (Wildman–Crippen LogP) is 8.06. The van der Waals surface area contributed by atoms with Gasteiger partial charge in [-0.1, -0.05) is 60.1 Å². The number of hydrogen-bond donors (Lipinski definition) is 3. The lowest BCUT2D eigenvalue weighted by atomic mass is 10.1. The van der Waals surface area contributed by atoms with Crippen molar-refractivity contribution in [3.8, 4) is 11.3 Å². The van der Waals surface area contributed by atoms with Crippen molar-refractivity contribution >= 4 is 75.0 Å². The van der Waals surface area contributed by atoms with Gasteiger partial charge < -0.3 is 20.9 Å². The van der Waals surface area contributed by atoms with Gasteiger partial charge in [-0.15, -0.1) is 23.1 Å². The van der Waals surface area contributed by atoms with Gasteiger partial charge >= 0.3 is 0 Å². The van der Waals surface area contributed by atoms with Crippen LogP contribution in [0.5, 0.6) is 0 Å². The Morgan fingerprint density at radius 2 is 1.62 bits per heavy atom. The second-order valence-corrected chi connectivity index (χ2v) is 13.3. The van der Waals surface area contributed by atoms with Gasteiger partial charge in [0.1, 0.15) is 5.70 Å². The minimum atomic E-state index is -0.487. The third-order valence-corrected chi connectivity index (χ3v) is 9.00. The minimum absolute atomic E-state index is 0.0867. The normalized spacial score (nSPS) is 11.8. The summed E-state index contributed by atoms with van der Waals surface area (Å²) in [6, 6.07) is 30.9. The van der Waals surface area contributed by atoms with Crippen molar-refractivity contribution in [2.45, 2.75) is 17.1 Å². The molecule has 0 spiro atoms. The van der Waals surface area contributed by atoms with E-state index in [-0.39, 0.29) is 11.6 Å². The van der Waals surface area contributed by atoms with Crippen LogP contribution in [0.3, 0.4) is 0 Å². The number of hydrogen-bond acceptors (Lipinski definition) is 7. The van der Waals surface area contributed by atoms with Gasteiger partial charge in [0.2, 0.25) is 5.91 Å². The highest BCUT2D eigenvalue weighted by Crippen LogP contribution is 2.29. The molecule has 1 aromatic heterocycles. The van der Waals surface area contributed by atoms with Gasteiger partial charge in [-0.05, 0) is 73.2 Å². The summed E-state index contributed by atoms with van der Waals surface area (Å²) in [7, 11) is 3.90. The monoisotopic (exact) mass is 681 g/mol. The number of thioether (sulfide) groups is 1. The van der Waals surface area contributed by atoms with Crippen LogP contribution in [0.25, 0.3) is 17.3 Å². The topological polar surface area (TPSA) is 103 Å². The van der Waals surface area contributed by atoms with E-state index in [4.69, 9.17) is 11.6 Å². The van der Waals surface area contributed by atoms with E-state index in [2.05, 4.69) is 20.9 Å². The molecule has 1 unspecified atom stereocenters. The first-order valence-corrected chi connectivity index (χ1v) is 16.7. The van der Waals surface area contributed by atoms with E-state index in [1.807, 2.05) is 72.9 Å². The largest absolute Gasteiger partial charge is 0.378 e. The Morgan fingerprint density at radius 3 is 2.32 bits per heavy atom. The van der Waals surface area contributed by atoms with Crippen LogP contribution < -0.4 is 20.9 Å². The van der Waals surface area contributed by atoms with E-state index >= 15 is 0 Å². The van der Waals surface area contributed by atoms with Crippen molar-refractivity contribution in [2.75, 3.05) is 29.6 Å². The van der Waals surface area contributed by atoms with Crippen molar-refractivity contribution in [3.05, 3.63) is 130 Å². The van der Waals surface area contributed by atoms with Crippen molar-refractivity contribution in [3.63, 3.8) is 0 Å². The highest BCUT2D eigenvalue weighted by atomic mass is 35.5. The zero-order valence-corrected chi connectivity index (χ0v) is 28.2. The Hall–Kier alpha value is -4.90. The molecule has 1 heterocycles. The second-order valence-electron chi connectivity index (χ2n) is 10.6. The summed E-state index contributed by atoms with van der Waals surface area (Å²) in [6.07, 6.45) is 1.64. The van der Waals surface area contributed by atoms with E-state index in [1.165, 1.54) is 23.1 Å². The lowest BCUT2D eigenvalue weighted by Gasteiger charge is -2.14. The zero-order valence-electron chi connectivity index (χ0n) is 25.9. The Labute approximate surface area is 286 Å². The molecule has 3 amide bonds. The van der Waals surface area contributed by atoms with Crippen LogP contribution in [0.4, 0.5) is 16.5 Å². The molecule has 238 valence electrons. The van der Waals surface area contributed by atoms with Crippen LogP contribution in [-0.2, 0) is 9.59 Å². The molecule has 0 aliphatic rings. The van der Waals surface area contributed by atoms with E-state index in [0.717, 1.165) is 27.4 Å². The maximum absolute atomic E-state index is 13.5. The molecule has 0 radical (unpaired) electrons. The molecule has 8 nitrogen and oxygen atoms in total. The van der Waals surface area contributed by atoms with Crippen LogP contribution in [-0.4, -0.2) is 42.1 Å². The summed E-state index contributed by atoms with van der Waals surface area (Å²) in [6.45, 7) is 1.81. The number of amides is 3. The van der Waals surface area contributed by atoms with Crippen LogP contribution in [0, 0.1) is 0 Å². The number of nitrogens with zero attached hydrogens (tertiary/aromatic N) is 2. The number of anilines is 3. The van der Waals surface area contributed by atoms with Gasteiger partial charge in [0.25, 0.3) is 11.8 Å². The van der Waals surface area contributed by atoms with Gasteiger partial charge in [0.15, 0.2) is 5.13 Å². The number of carbonyl (C=O) groups excluding carboxylic acids is 3. The molecule has 3 N–H and O–H groups in total. The quantitative estimate of drug-likeness (QED) is 0.0963. The molecule has 11 heteroatoms. The molecular weight excluding hydrogens is 650 g/mol. The summed E-state index contributed by atoms with van der Waals surface area (Å²) in [5, 5.41) is 11.1. The number of aromatic nitrogens is 1. The molecule has 5 rings (SSSR count). The number of halogens is 1. The van der Waals surface area contributed by atoms with Crippen LogP contribution >= 0.6 is 34.7 Å². The molecule has 0 bridgehead atoms. The number of carbonyl (C=O) groups is 3. The molecule has 1 atom stereocenters. The summed E-state index contributed by atoms with van der Waals surface area (Å²) < 4.78 is 0. The van der Waals surface area contributed by atoms with Gasteiger partial charge in [0.05, 0.1) is 10.9 Å². The van der Waals surface area contributed by atoms with Crippen LogP contribution in [0.1, 0.15) is 22.8 Å². The van der Waals surface area contributed by atoms with Gasteiger partial charge in [-0.25, -0.2) is 4.98 Å². The predicted molar refractivity (Wildman–Crippen MR) is 194 cm³/mol. The third-order valence-electron chi connectivity index (χ3n) is 6.90. The second kappa shape index (κ2) is 15.6. The third kappa shape index (κ3) is 9.32. The first-order chi connectivity index (χ1) is 22.6. The summed E-state index contributed by atoms with van der Waals surface area (Å²) in [4.78, 5) is 46.9. The highest BCUT2D eigenvalue weighted by molar-refractivity contribution is 8.00. The zero-order chi connectivity index (χ0) is 33.3. The molecule has 4 aromatic carbocycles. The maximum atomic E-state index is 13.5. The fraction of sp³-hybridized carbons (Fsp3) is 0.111. The van der Waals surface area contributed by atoms with Crippen molar-refractivity contribution in [1.82, 2.24) is 10.3 Å². The number of rotatable bonds is 11. The molecule has 0 aliphatic heterocycles. The summed E-state index contributed by atoms with van der Waals surface area (Å²) in [5.74, 6) is -1.09. The maximum Gasteiger partial charge on any atom is 0.272 e. The lowest BCUT2D eigenvalue weighted by Crippen LogP contribution is -2.30. The molecule has 47 heavy (non-hydrogen) atoms. The molecule has 0 fully saturated rings. The Morgan fingerprint density at radius 1 is 0.894 bits per heavy atom. The Balaban J connectivity index is 1.26. The van der Waals surface area contributed by atoms with Gasteiger partial charge in [-0.2, -0.15) is 0 Å². The highest BCUT2D eigenvalue weighted by Gasteiger charge is 2.18. The van der Waals surface area contributed by atoms with Crippen molar-refractivity contribution < 1.29 is 14.4 Å². The molecular formula is C36H32ClN5O3S2. The minimum Gasteiger partial charge on any atom is -0.378 e. The van der Waals surface area contributed by atoms with E-state index in [0.29, 0.717) is 21.4 Å². The fourth-order valence-electron chi connectivity index (χ4n) is 4.37. The molecule has 0 saturated carbocycles. The lowest BCUT2D eigenvalue weighted by molar-refractivity contribution is -0.115. The van der Waals surface area contributed by atoms with Gasteiger partial charge in [-0.3, -0.25) is 14.4 Å². The van der Waals surface area contributed by atoms with Crippen molar-refractivity contribution in [1.29, 1.82) is 0 Å². The van der Waals surface area contributed by atoms with Crippen LogP contribution in [0.2, 0.25) is 5.02 Å². The molecule has 5 aromatic rings.